The van der Waals surface area contributed by atoms with E-state index in [1.807, 2.05) is 0 Å². The first-order valence-corrected chi connectivity index (χ1v) is 12.0. The molecule has 4 saturated carbocycles. The van der Waals surface area contributed by atoms with Crippen LogP contribution in [0, 0.1) is 35.0 Å². The highest BCUT2D eigenvalue weighted by Crippen LogP contribution is 2.53. The number of fused-ring (bicyclic) bond motifs is 2. The van der Waals surface area contributed by atoms with Gasteiger partial charge in [-0.1, -0.05) is 39.5 Å². The van der Waals surface area contributed by atoms with Crippen molar-refractivity contribution < 1.29 is 9.59 Å². The van der Waals surface area contributed by atoms with Crippen molar-refractivity contribution in [3.8, 4) is 0 Å². The Kier molecular flexibility index (Phi) is 6.04. The summed E-state index contributed by atoms with van der Waals surface area (Å²) in [4.78, 5) is 25.6. The molecule has 158 valence electrons. The van der Waals surface area contributed by atoms with Gasteiger partial charge in [-0.05, 0) is 73.5 Å². The summed E-state index contributed by atoms with van der Waals surface area (Å²) in [5.41, 5.74) is -0.103. The van der Waals surface area contributed by atoms with Crippen molar-refractivity contribution >= 4 is 11.8 Å². The summed E-state index contributed by atoms with van der Waals surface area (Å²) in [6, 6.07) is 0.413. The number of hydrogen-bond donors (Lipinski definition) is 2. The van der Waals surface area contributed by atoms with Crippen molar-refractivity contribution in [2.24, 2.45) is 35.0 Å². The second-order valence-electron chi connectivity index (χ2n) is 11.0. The van der Waals surface area contributed by atoms with Crippen molar-refractivity contribution in [2.75, 3.05) is 6.54 Å². The van der Waals surface area contributed by atoms with E-state index in [4.69, 9.17) is 0 Å². The highest BCUT2D eigenvalue weighted by molar-refractivity contribution is 5.80. The Hall–Kier alpha value is -1.06. The lowest BCUT2D eigenvalue weighted by Crippen LogP contribution is -2.44. The monoisotopic (exact) mass is 388 g/mol. The molecule has 0 spiro atoms. The smallest absolute Gasteiger partial charge is 0.220 e. The lowest BCUT2D eigenvalue weighted by Gasteiger charge is -2.32. The average molecular weight is 389 g/mol. The zero-order valence-electron chi connectivity index (χ0n) is 18.0. The van der Waals surface area contributed by atoms with Gasteiger partial charge in [0, 0.05) is 25.4 Å². The van der Waals surface area contributed by atoms with Crippen molar-refractivity contribution in [1.29, 1.82) is 0 Å². The summed E-state index contributed by atoms with van der Waals surface area (Å²) in [5.74, 6) is 4.03. The van der Waals surface area contributed by atoms with Gasteiger partial charge in [0.2, 0.25) is 11.8 Å². The molecule has 4 heteroatoms. The first kappa shape index (κ1) is 20.2. The molecule has 5 unspecified atom stereocenters. The van der Waals surface area contributed by atoms with E-state index in [-0.39, 0.29) is 17.2 Å². The number of carbonyl (C=O) groups excluding carboxylic acids is 2. The maximum atomic E-state index is 13.1. The summed E-state index contributed by atoms with van der Waals surface area (Å²) in [7, 11) is 0. The summed E-state index contributed by atoms with van der Waals surface area (Å²) in [5, 5.41) is 6.58. The van der Waals surface area contributed by atoms with Gasteiger partial charge in [0.25, 0.3) is 0 Å². The zero-order chi connectivity index (χ0) is 19.7. The van der Waals surface area contributed by atoms with Gasteiger partial charge < -0.3 is 10.6 Å². The Morgan fingerprint density at radius 3 is 2.39 bits per heavy atom. The fraction of sp³-hybridized carbons (Fsp3) is 0.917. The van der Waals surface area contributed by atoms with Crippen LogP contribution in [-0.4, -0.2) is 24.4 Å². The van der Waals surface area contributed by atoms with Crippen molar-refractivity contribution in [3.63, 3.8) is 0 Å². The minimum atomic E-state index is -0.103. The highest BCUT2D eigenvalue weighted by atomic mass is 16.2. The molecule has 28 heavy (non-hydrogen) atoms. The van der Waals surface area contributed by atoms with Crippen LogP contribution in [0.2, 0.25) is 0 Å². The highest BCUT2D eigenvalue weighted by Gasteiger charge is 2.49. The van der Waals surface area contributed by atoms with Gasteiger partial charge in [0.1, 0.15) is 0 Å². The third-order valence-corrected chi connectivity index (χ3v) is 8.37. The quantitative estimate of drug-likeness (QED) is 0.678. The Morgan fingerprint density at radius 2 is 1.64 bits per heavy atom. The maximum Gasteiger partial charge on any atom is 0.220 e. The molecule has 4 rings (SSSR count). The summed E-state index contributed by atoms with van der Waals surface area (Å²) < 4.78 is 0. The van der Waals surface area contributed by atoms with Crippen LogP contribution in [0.4, 0.5) is 0 Å². The Morgan fingerprint density at radius 1 is 0.929 bits per heavy atom. The van der Waals surface area contributed by atoms with E-state index >= 15 is 0 Å². The van der Waals surface area contributed by atoms with Crippen LogP contribution < -0.4 is 10.6 Å². The molecule has 0 saturated heterocycles. The van der Waals surface area contributed by atoms with E-state index in [1.54, 1.807) is 0 Å². The Balaban J connectivity index is 1.35. The van der Waals surface area contributed by atoms with Crippen LogP contribution in [0.1, 0.15) is 90.9 Å². The van der Waals surface area contributed by atoms with Crippen LogP contribution in [-0.2, 0) is 9.59 Å². The van der Waals surface area contributed by atoms with E-state index in [0.29, 0.717) is 30.7 Å². The standard InChI is InChI=1S/C24H40N2O2/c1-16(2)15-25-21(27)13-24(8-3-4-9-24)14-22(28)26-23-19-11-17-6-5-7-20(23)18(10-17)12-19/h16-20,23H,3-15H2,1-2H3,(H,25,27)(H,26,28). The molecular formula is C24H40N2O2. The second-order valence-corrected chi connectivity index (χ2v) is 11.0. The predicted molar refractivity (Wildman–Crippen MR) is 112 cm³/mol. The van der Waals surface area contributed by atoms with Gasteiger partial charge in [0.15, 0.2) is 0 Å². The second kappa shape index (κ2) is 8.36. The van der Waals surface area contributed by atoms with Crippen molar-refractivity contribution in [3.05, 3.63) is 0 Å². The van der Waals surface area contributed by atoms with Gasteiger partial charge >= 0.3 is 0 Å². The normalized spacial score (nSPS) is 35.8. The van der Waals surface area contributed by atoms with Crippen molar-refractivity contribution in [2.45, 2.75) is 96.9 Å². The molecule has 4 aliphatic carbocycles. The third kappa shape index (κ3) is 4.41. The van der Waals surface area contributed by atoms with Gasteiger partial charge in [-0.25, -0.2) is 0 Å². The van der Waals surface area contributed by atoms with Gasteiger partial charge in [-0.15, -0.1) is 0 Å². The molecule has 2 N–H and O–H groups in total. The van der Waals surface area contributed by atoms with Crippen molar-refractivity contribution in [1.82, 2.24) is 10.6 Å². The number of carbonyl (C=O) groups is 2. The Bertz CT molecular complexity index is 581. The van der Waals surface area contributed by atoms with E-state index in [2.05, 4.69) is 24.5 Å². The van der Waals surface area contributed by atoms with Crippen LogP contribution >= 0.6 is 0 Å². The molecule has 3 bridgehead atoms. The molecule has 0 heterocycles. The third-order valence-electron chi connectivity index (χ3n) is 8.37. The molecule has 0 aromatic rings. The van der Waals surface area contributed by atoms with Crippen LogP contribution in [0.15, 0.2) is 0 Å². The molecule has 4 nitrogen and oxygen atoms in total. The molecule has 0 radical (unpaired) electrons. The van der Waals surface area contributed by atoms with Gasteiger partial charge in [0.05, 0.1) is 0 Å². The van der Waals surface area contributed by atoms with Gasteiger partial charge in [-0.2, -0.15) is 0 Å². The summed E-state index contributed by atoms with van der Waals surface area (Å²) in [6.45, 7) is 4.97. The number of hydrogen-bond acceptors (Lipinski definition) is 2. The Labute approximate surface area is 171 Å². The summed E-state index contributed by atoms with van der Waals surface area (Å²) >= 11 is 0. The van der Waals surface area contributed by atoms with Crippen LogP contribution in [0.25, 0.3) is 0 Å². The first-order valence-electron chi connectivity index (χ1n) is 12.0. The summed E-state index contributed by atoms with van der Waals surface area (Å²) in [6.07, 6.45) is 13.6. The van der Waals surface area contributed by atoms with Crippen LogP contribution in [0.5, 0.6) is 0 Å². The van der Waals surface area contributed by atoms with Crippen LogP contribution in [0.3, 0.4) is 0 Å². The van der Waals surface area contributed by atoms with E-state index in [1.165, 1.54) is 38.5 Å². The zero-order valence-corrected chi connectivity index (χ0v) is 18.0. The lowest BCUT2D eigenvalue weighted by atomic mass is 9.78. The van der Waals surface area contributed by atoms with Gasteiger partial charge in [-0.3, -0.25) is 9.59 Å². The number of amides is 2. The molecule has 0 aromatic heterocycles. The van der Waals surface area contributed by atoms with E-state index in [9.17, 15) is 9.59 Å². The molecule has 0 aliphatic heterocycles. The number of rotatable bonds is 7. The predicted octanol–water partition coefficient (Wildman–Crippen LogP) is 4.43. The van der Waals surface area contributed by atoms with E-state index < -0.39 is 0 Å². The molecule has 0 aromatic carbocycles. The largest absolute Gasteiger partial charge is 0.356 e. The SMILES string of the molecule is CC(C)CNC(=O)CC1(CC(=O)NC2C3CC4CCCC2C(C4)C3)CCCC1. The minimum Gasteiger partial charge on any atom is -0.356 e. The fourth-order valence-corrected chi connectivity index (χ4v) is 7.18. The first-order chi connectivity index (χ1) is 13.4. The molecular weight excluding hydrogens is 348 g/mol. The molecule has 4 aliphatic rings. The average Bonchev–Trinajstić information content (AvgIpc) is 3.12. The maximum absolute atomic E-state index is 13.1. The van der Waals surface area contributed by atoms with E-state index in [0.717, 1.165) is 50.0 Å². The topological polar surface area (TPSA) is 58.2 Å². The molecule has 2 amide bonds. The fourth-order valence-electron chi connectivity index (χ4n) is 7.18. The number of nitrogens with one attached hydrogen (secondary N) is 2. The molecule has 5 atom stereocenters. The lowest BCUT2D eigenvalue weighted by molar-refractivity contribution is -0.127. The minimum absolute atomic E-state index is 0.103. The molecule has 4 fully saturated rings.